The Bertz CT molecular complexity index is 174. The molecule has 8 heteroatoms. The maximum absolute atomic E-state index is 10.1. The molecule has 0 fully saturated rings. The maximum atomic E-state index is 10.1. The van der Waals surface area contributed by atoms with Crippen LogP contribution in [0.3, 0.4) is 0 Å². The second-order valence-electron chi connectivity index (χ2n) is 1.87. The number of hydrogen-bond donors (Lipinski definition) is 3. The van der Waals surface area contributed by atoms with Gasteiger partial charge in [-0.3, -0.25) is 9.32 Å². The highest BCUT2D eigenvalue weighted by Gasteiger charge is 2.16. The predicted octanol–water partition coefficient (Wildman–Crippen LogP) is -1.37. The zero-order valence-corrected chi connectivity index (χ0v) is 6.89. The normalized spacial score (nSPS) is 13.9. The molecule has 0 saturated carbocycles. The van der Waals surface area contributed by atoms with E-state index in [1.165, 1.54) is 0 Å². The van der Waals surface area contributed by atoms with Crippen LogP contribution in [0.25, 0.3) is 0 Å². The Kier molecular flexibility index (Phi) is 5.03. The van der Waals surface area contributed by atoms with Crippen molar-refractivity contribution in [2.24, 2.45) is 0 Å². The summed E-state index contributed by atoms with van der Waals surface area (Å²) in [6.45, 7) is -0.831. The van der Waals surface area contributed by atoms with Crippen molar-refractivity contribution in [2.45, 2.75) is 6.10 Å². The van der Waals surface area contributed by atoms with E-state index >= 15 is 0 Å². The van der Waals surface area contributed by atoms with E-state index in [0.29, 0.717) is 0 Å². The number of ether oxygens (including phenoxy) is 1. The zero-order chi connectivity index (χ0) is 9.61. The molecular formula is C4H9O7P. The van der Waals surface area contributed by atoms with Gasteiger partial charge in [0.05, 0.1) is 6.61 Å². The SMILES string of the molecule is O=COCC(O)COP(=O)(O)O. The molecule has 0 aromatic heterocycles. The summed E-state index contributed by atoms with van der Waals surface area (Å²) in [5.41, 5.74) is 0. The summed E-state index contributed by atoms with van der Waals surface area (Å²) in [5.74, 6) is 0. The fraction of sp³-hybridized carbons (Fsp3) is 0.750. The van der Waals surface area contributed by atoms with Crippen LogP contribution in [-0.4, -0.2) is 40.7 Å². The van der Waals surface area contributed by atoms with Crippen LogP contribution in [0.2, 0.25) is 0 Å². The van der Waals surface area contributed by atoms with E-state index in [2.05, 4.69) is 9.26 Å². The first-order chi connectivity index (χ1) is 5.45. The van der Waals surface area contributed by atoms with E-state index < -0.39 is 20.5 Å². The quantitative estimate of drug-likeness (QED) is 0.358. The zero-order valence-electron chi connectivity index (χ0n) is 5.99. The van der Waals surface area contributed by atoms with Gasteiger partial charge in [0, 0.05) is 0 Å². The van der Waals surface area contributed by atoms with E-state index in [1.54, 1.807) is 0 Å². The molecule has 1 atom stereocenters. The first kappa shape index (κ1) is 11.5. The van der Waals surface area contributed by atoms with Crippen molar-refractivity contribution >= 4 is 14.3 Å². The third-order valence-corrected chi connectivity index (χ3v) is 1.28. The second kappa shape index (κ2) is 5.23. The van der Waals surface area contributed by atoms with Crippen molar-refractivity contribution in [3.05, 3.63) is 0 Å². The van der Waals surface area contributed by atoms with E-state index in [-0.39, 0.29) is 13.1 Å². The number of rotatable bonds is 6. The molecule has 0 aromatic rings. The number of hydrogen-bond acceptors (Lipinski definition) is 5. The summed E-state index contributed by atoms with van der Waals surface area (Å²) in [4.78, 5) is 25.9. The molecule has 0 heterocycles. The highest BCUT2D eigenvalue weighted by Crippen LogP contribution is 2.35. The smallest absolute Gasteiger partial charge is 0.465 e. The van der Waals surface area contributed by atoms with E-state index in [1.807, 2.05) is 0 Å². The molecule has 0 rings (SSSR count). The fourth-order valence-electron chi connectivity index (χ4n) is 0.382. The van der Waals surface area contributed by atoms with Crippen molar-refractivity contribution in [3.63, 3.8) is 0 Å². The van der Waals surface area contributed by atoms with Crippen molar-refractivity contribution in [3.8, 4) is 0 Å². The van der Waals surface area contributed by atoms with Crippen molar-refractivity contribution < 1.29 is 33.5 Å². The molecule has 0 aliphatic carbocycles. The van der Waals surface area contributed by atoms with Crippen molar-refractivity contribution in [1.82, 2.24) is 0 Å². The minimum absolute atomic E-state index is 0.112. The summed E-state index contributed by atoms with van der Waals surface area (Å²) >= 11 is 0. The van der Waals surface area contributed by atoms with Crippen molar-refractivity contribution in [1.29, 1.82) is 0 Å². The maximum Gasteiger partial charge on any atom is 0.469 e. The van der Waals surface area contributed by atoms with Gasteiger partial charge in [0.15, 0.2) is 0 Å². The van der Waals surface area contributed by atoms with Gasteiger partial charge in [-0.2, -0.15) is 0 Å². The topological polar surface area (TPSA) is 113 Å². The van der Waals surface area contributed by atoms with Gasteiger partial charge < -0.3 is 19.6 Å². The van der Waals surface area contributed by atoms with Crippen LogP contribution in [0.4, 0.5) is 0 Å². The first-order valence-corrected chi connectivity index (χ1v) is 4.42. The Morgan fingerprint density at radius 2 is 2.00 bits per heavy atom. The number of carbonyl (C=O) groups is 1. The lowest BCUT2D eigenvalue weighted by atomic mass is 10.4. The molecule has 0 aromatic carbocycles. The predicted molar refractivity (Wildman–Crippen MR) is 36.0 cm³/mol. The van der Waals surface area contributed by atoms with Crippen LogP contribution in [0, 0.1) is 0 Å². The molecule has 3 N–H and O–H groups in total. The molecule has 0 amide bonds. The molecule has 0 aliphatic heterocycles. The molecule has 0 saturated heterocycles. The molecule has 0 bridgehead atoms. The molecule has 1 unspecified atom stereocenters. The molecular weight excluding hydrogens is 191 g/mol. The van der Waals surface area contributed by atoms with Gasteiger partial charge in [-0.25, -0.2) is 4.57 Å². The molecule has 7 nitrogen and oxygen atoms in total. The minimum Gasteiger partial charge on any atom is -0.465 e. The number of aliphatic hydroxyl groups excluding tert-OH is 1. The lowest BCUT2D eigenvalue weighted by Crippen LogP contribution is -2.20. The molecule has 12 heavy (non-hydrogen) atoms. The summed E-state index contributed by atoms with van der Waals surface area (Å²) < 4.78 is 18.1. The largest absolute Gasteiger partial charge is 0.469 e. The van der Waals surface area contributed by atoms with E-state index in [9.17, 15) is 9.36 Å². The summed E-state index contributed by atoms with van der Waals surface area (Å²) in [7, 11) is -4.56. The Labute approximate surface area is 68.2 Å². The van der Waals surface area contributed by atoms with Gasteiger partial charge in [-0.05, 0) is 0 Å². The summed E-state index contributed by atoms with van der Waals surface area (Å²) in [5, 5.41) is 8.79. The van der Waals surface area contributed by atoms with Crippen LogP contribution >= 0.6 is 7.82 Å². The van der Waals surface area contributed by atoms with Gasteiger partial charge in [0.25, 0.3) is 6.47 Å². The van der Waals surface area contributed by atoms with E-state index in [0.717, 1.165) is 0 Å². The second-order valence-corrected chi connectivity index (χ2v) is 3.11. The Morgan fingerprint density at radius 1 is 1.42 bits per heavy atom. The van der Waals surface area contributed by atoms with Crippen LogP contribution in [0.1, 0.15) is 0 Å². The van der Waals surface area contributed by atoms with Crippen LogP contribution in [0.5, 0.6) is 0 Å². The molecule has 0 radical (unpaired) electrons. The monoisotopic (exact) mass is 200 g/mol. The first-order valence-electron chi connectivity index (χ1n) is 2.89. The Morgan fingerprint density at radius 3 is 2.42 bits per heavy atom. The molecule has 0 aliphatic rings. The Balaban J connectivity index is 3.50. The Hall–Kier alpha value is -0.460. The van der Waals surface area contributed by atoms with Crippen LogP contribution in [-0.2, 0) is 18.6 Å². The third-order valence-electron chi connectivity index (χ3n) is 0.792. The minimum atomic E-state index is -4.56. The lowest BCUT2D eigenvalue weighted by molar-refractivity contribution is -0.132. The number of carbonyl (C=O) groups excluding carboxylic acids is 1. The average molecular weight is 200 g/mol. The average Bonchev–Trinajstić information content (AvgIpc) is 1.95. The highest BCUT2D eigenvalue weighted by molar-refractivity contribution is 7.46. The van der Waals surface area contributed by atoms with Crippen LogP contribution in [0.15, 0.2) is 0 Å². The van der Waals surface area contributed by atoms with Crippen LogP contribution < -0.4 is 0 Å². The van der Waals surface area contributed by atoms with Gasteiger partial charge in [-0.15, -0.1) is 0 Å². The van der Waals surface area contributed by atoms with Gasteiger partial charge >= 0.3 is 7.82 Å². The van der Waals surface area contributed by atoms with Gasteiger partial charge in [0.1, 0.15) is 12.7 Å². The third kappa shape index (κ3) is 7.64. The van der Waals surface area contributed by atoms with Gasteiger partial charge in [-0.1, -0.05) is 0 Å². The number of aliphatic hydroxyl groups is 1. The standard InChI is InChI=1S/C4H9O7P/c5-3-10-1-4(6)2-11-12(7,8)9/h3-4,6H,1-2H2,(H2,7,8,9). The van der Waals surface area contributed by atoms with Crippen molar-refractivity contribution in [2.75, 3.05) is 13.2 Å². The highest BCUT2D eigenvalue weighted by atomic mass is 31.2. The summed E-state index contributed by atoms with van der Waals surface area (Å²) in [6.07, 6.45) is -1.23. The molecule has 0 spiro atoms. The van der Waals surface area contributed by atoms with Gasteiger partial charge in [0.2, 0.25) is 0 Å². The number of phosphoric acid groups is 1. The van der Waals surface area contributed by atoms with E-state index in [4.69, 9.17) is 14.9 Å². The lowest BCUT2D eigenvalue weighted by Gasteiger charge is -2.09. The fourth-order valence-corrected chi connectivity index (χ4v) is 0.748. The number of phosphoric ester groups is 1. The molecule has 72 valence electrons. The summed E-state index contributed by atoms with van der Waals surface area (Å²) in [6, 6.07) is 0.